The summed E-state index contributed by atoms with van der Waals surface area (Å²) in [5.74, 6) is 0.301. The average molecular weight is 230 g/mol. The Morgan fingerprint density at radius 3 is 3.00 bits per heavy atom. The molecule has 4 heteroatoms. The molecule has 0 aromatic heterocycles. The Balaban J connectivity index is 2.35. The SMILES string of the molecule is CC(CN1CCCC1CCCO)C(N)=S. The summed E-state index contributed by atoms with van der Waals surface area (Å²) in [6, 6.07) is 0.633. The molecule has 0 spiro atoms. The van der Waals surface area contributed by atoms with Gasteiger partial charge in [-0.05, 0) is 32.2 Å². The Hall–Kier alpha value is -0.190. The van der Waals surface area contributed by atoms with E-state index < -0.39 is 0 Å². The second-order valence-electron chi connectivity index (χ2n) is 4.46. The maximum Gasteiger partial charge on any atom is 0.0768 e. The molecule has 0 aromatic carbocycles. The fourth-order valence-corrected chi connectivity index (χ4v) is 2.31. The van der Waals surface area contributed by atoms with Gasteiger partial charge in [-0.15, -0.1) is 0 Å². The monoisotopic (exact) mass is 230 g/mol. The first kappa shape index (κ1) is 12.9. The molecule has 0 amide bonds. The fraction of sp³-hybridized carbons (Fsp3) is 0.909. The third-order valence-electron chi connectivity index (χ3n) is 3.19. The fourth-order valence-electron chi connectivity index (χ4n) is 2.23. The van der Waals surface area contributed by atoms with Crippen LogP contribution in [0, 0.1) is 5.92 Å². The van der Waals surface area contributed by atoms with Crippen molar-refractivity contribution in [2.24, 2.45) is 11.7 Å². The predicted molar refractivity (Wildman–Crippen MR) is 66.9 cm³/mol. The first-order chi connectivity index (χ1) is 7.15. The standard InChI is InChI=1S/C11H22N2OS/c1-9(11(12)15)8-13-6-2-4-10(13)5-3-7-14/h9-10,14H,2-8H2,1H3,(H2,12,15). The van der Waals surface area contributed by atoms with E-state index in [4.69, 9.17) is 23.1 Å². The first-order valence-electron chi connectivity index (χ1n) is 5.79. The zero-order valence-corrected chi connectivity index (χ0v) is 10.3. The molecule has 3 nitrogen and oxygen atoms in total. The van der Waals surface area contributed by atoms with E-state index in [1.807, 2.05) is 0 Å². The van der Waals surface area contributed by atoms with Crippen LogP contribution in [0.3, 0.4) is 0 Å². The van der Waals surface area contributed by atoms with Crippen LogP contribution in [-0.4, -0.2) is 40.7 Å². The second kappa shape index (κ2) is 6.40. The lowest BCUT2D eigenvalue weighted by atomic mass is 10.1. The van der Waals surface area contributed by atoms with Crippen LogP contribution in [0.25, 0.3) is 0 Å². The van der Waals surface area contributed by atoms with Gasteiger partial charge in [-0.25, -0.2) is 0 Å². The topological polar surface area (TPSA) is 49.5 Å². The first-order valence-corrected chi connectivity index (χ1v) is 6.20. The predicted octanol–water partition coefficient (Wildman–Crippen LogP) is 1.15. The highest BCUT2D eigenvalue weighted by atomic mass is 32.1. The van der Waals surface area contributed by atoms with Crippen molar-refractivity contribution >= 4 is 17.2 Å². The van der Waals surface area contributed by atoms with E-state index in [1.54, 1.807) is 0 Å². The molecule has 15 heavy (non-hydrogen) atoms. The van der Waals surface area contributed by atoms with Crippen LogP contribution in [0.5, 0.6) is 0 Å². The Kier molecular flexibility index (Phi) is 5.50. The van der Waals surface area contributed by atoms with Crippen LogP contribution in [-0.2, 0) is 0 Å². The molecule has 1 fully saturated rings. The molecule has 0 bridgehead atoms. The van der Waals surface area contributed by atoms with Gasteiger partial charge < -0.3 is 10.8 Å². The van der Waals surface area contributed by atoms with E-state index in [1.165, 1.54) is 12.8 Å². The van der Waals surface area contributed by atoms with E-state index in [-0.39, 0.29) is 0 Å². The van der Waals surface area contributed by atoms with E-state index in [9.17, 15) is 0 Å². The van der Waals surface area contributed by atoms with Crippen molar-refractivity contribution in [2.45, 2.75) is 38.6 Å². The molecule has 2 atom stereocenters. The van der Waals surface area contributed by atoms with Crippen LogP contribution < -0.4 is 5.73 Å². The lowest BCUT2D eigenvalue weighted by Gasteiger charge is -2.26. The lowest BCUT2D eigenvalue weighted by Crippen LogP contribution is -2.37. The van der Waals surface area contributed by atoms with E-state index >= 15 is 0 Å². The Labute approximate surface area is 97.6 Å². The highest BCUT2D eigenvalue weighted by molar-refractivity contribution is 7.80. The molecule has 1 saturated heterocycles. The Morgan fingerprint density at radius 2 is 2.40 bits per heavy atom. The zero-order chi connectivity index (χ0) is 11.3. The van der Waals surface area contributed by atoms with Gasteiger partial charge in [0, 0.05) is 25.1 Å². The zero-order valence-electron chi connectivity index (χ0n) is 9.48. The van der Waals surface area contributed by atoms with E-state index in [2.05, 4.69) is 11.8 Å². The van der Waals surface area contributed by atoms with Gasteiger partial charge in [-0.2, -0.15) is 0 Å². The number of nitrogens with zero attached hydrogens (tertiary/aromatic N) is 1. The van der Waals surface area contributed by atoms with Gasteiger partial charge >= 0.3 is 0 Å². The quantitative estimate of drug-likeness (QED) is 0.672. The molecule has 1 aliphatic heterocycles. The summed E-state index contributed by atoms with van der Waals surface area (Å²) in [5.41, 5.74) is 5.62. The minimum atomic E-state index is 0.301. The average Bonchev–Trinajstić information content (AvgIpc) is 2.62. The summed E-state index contributed by atoms with van der Waals surface area (Å²) in [6.45, 7) is 4.52. The molecule has 0 aliphatic carbocycles. The number of aliphatic hydroxyl groups excluding tert-OH is 1. The molecule has 0 aromatic rings. The van der Waals surface area contributed by atoms with Crippen molar-refractivity contribution in [1.82, 2.24) is 4.90 Å². The van der Waals surface area contributed by atoms with Gasteiger partial charge in [-0.3, -0.25) is 4.90 Å². The maximum absolute atomic E-state index is 8.82. The van der Waals surface area contributed by atoms with Crippen molar-refractivity contribution in [3.63, 3.8) is 0 Å². The smallest absolute Gasteiger partial charge is 0.0768 e. The lowest BCUT2D eigenvalue weighted by molar-refractivity contribution is 0.208. The van der Waals surface area contributed by atoms with Gasteiger partial charge in [0.25, 0.3) is 0 Å². The molecule has 1 rings (SSSR count). The summed E-state index contributed by atoms with van der Waals surface area (Å²) >= 11 is 4.99. The number of rotatable bonds is 6. The second-order valence-corrected chi connectivity index (χ2v) is 4.93. The van der Waals surface area contributed by atoms with Gasteiger partial charge in [0.2, 0.25) is 0 Å². The molecule has 3 N–H and O–H groups in total. The van der Waals surface area contributed by atoms with Crippen LogP contribution in [0.4, 0.5) is 0 Å². The summed E-state index contributed by atoms with van der Waals surface area (Å²) < 4.78 is 0. The maximum atomic E-state index is 8.82. The van der Waals surface area contributed by atoms with Crippen molar-refractivity contribution < 1.29 is 5.11 Å². The Bertz CT molecular complexity index is 211. The number of hydrogen-bond acceptors (Lipinski definition) is 3. The van der Waals surface area contributed by atoms with E-state index in [0.29, 0.717) is 23.6 Å². The number of aliphatic hydroxyl groups is 1. The van der Waals surface area contributed by atoms with E-state index in [0.717, 1.165) is 25.9 Å². The van der Waals surface area contributed by atoms with Gasteiger partial charge in [0.1, 0.15) is 0 Å². The number of nitrogens with two attached hydrogens (primary N) is 1. The summed E-state index contributed by atoms with van der Waals surface area (Å²) in [5, 5.41) is 8.82. The van der Waals surface area contributed by atoms with Crippen LogP contribution >= 0.6 is 12.2 Å². The molecule has 0 saturated carbocycles. The number of thiocarbonyl (C=S) groups is 1. The molecule has 88 valence electrons. The molecule has 2 unspecified atom stereocenters. The van der Waals surface area contributed by atoms with Crippen molar-refractivity contribution in [3.8, 4) is 0 Å². The molecular formula is C11H22N2OS. The number of hydrogen-bond donors (Lipinski definition) is 2. The number of likely N-dealkylation sites (tertiary alicyclic amines) is 1. The van der Waals surface area contributed by atoms with Gasteiger partial charge in [0.15, 0.2) is 0 Å². The summed E-state index contributed by atoms with van der Waals surface area (Å²) in [4.78, 5) is 3.09. The molecule has 1 aliphatic rings. The van der Waals surface area contributed by atoms with Crippen molar-refractivity contribution in [3.05, 3.63) is 0 Å². The molecular weight excluding hydrogens is 208 g/mol. The largest absolute Gasteiger partial charge is 0.396 e. The summed E-state index contributed by atoms with van der Waals surface area (Å²) in [7, 11) is 0. The minimum Gasteiger partial charge on any atom is -0.396 e. The Morgan fingerprint density at radius 1 is 1.67 bits per heavy atom. The molecule has 0 radical (unpaired) electrons. The highest BCUT2D eigenvalue weighted by Crippen LogP contribution is 2.22. The van der Waals surface area contributed by atoms with Gasteiger partial charge in [0.05, 0.1) is 4.99 Å². The third kappa shape index (κ3) is 4.05. The van der Waals surface area contributed by atoms with Crippen LogP contribution in [0.2, 0.25) is 0 Å². The van der Waals surface area contributed by atoms with Crippen LogP contribution in [0.15, 0.2) is 0 Å². The molecule has 1 heterocycles. The summed E-state index contributed by atoms with van der Waals surface area (Å²) in [6.07, 6.45) is 4.52. The van der Waals surface area contributed by atoms with Gasteiger partial charge in [-0.1, -0.05) is 19.1 Å². The minimum absolute atomic E-state index is 0.301. The highest BCUT2D eigenvalue weighted by Gasteiger charge is 2.25. The normalized spacial score (nSPS) is 24.3. The van der Waals surface area contributed by atoms with Crippen LogP contribution in [0.1, 0.15) is 32.6 Å². The van der Waals surface area contributed by atoms with Crippen molar-refractivity contribution in [2.75, 3.05) is 19.7 Å². The van der Waals surface area contributed by atoms with Crippen molar-refractivity contribution in [1.29, 1.82) is 0 Å². The third-order valence-corrected chi connectivity index (χ3v) is 3.59.